The van der Waals surface area contributed by atoms with E-state index in [2.05, 4.69) is 25.6 Å². The van der Waals surface area contributed by atoms with Gasteiger partial charge in [0.15, 0.2) is 0 Å². The van der Waals surface area contributed by atoms with Crippen molar-refractivity contribution in [3.63, 3.8) is 0 Å². The molecule has 3 rings (SSSR count). The number of halogens is 1. The summed E-state index contributed by atoms with van der Waals surface area (Å²) in [7, 11) is -3.58. The Morgan fingerprint density at radius 3 is 2.55 bits per heavy atom. The molecule has 0 saturated heterocycles. The minimum Gasteiger partial charge on any atom is -0.256 e. The first-order valence-corrected chi connectivity index (χ1v) is 8.92. The third kappa shape index (κ3) is 3.04. The standard InChI is InChI=1S/C16H13BrN2O2S/c17-14-6-2-4-8-16(14)22(20,21)19-11-12-9-10-18-15-7-3-1-5-13(12)15/h1-10,19H,11H2. The van der Waals surface area contributed by atoms with Crippen molar-refractivity contribution in [2.75, 3.05) is 0 Å². The molecule has 2 aromatic carbocycles. The zero-order chi connectivity index (χ0) is 15.6. The van der Waals surface area contributed by atoms with E-state index >= 15 is 0 Å². The Morgan fingerprint density at radius 2 is 1.73 bits per heavy atom. The van der Waals surface area contributed by atoms with Crippen LogP contribution in [0.25, 0.3) is 10.9 Å². The fourth-order valence-corrected chi connectivity index (χ4v) is 4.23. The van der Waals surface area contributed by atoms with Gasteiger partial charge in [-0.2, -0.15) is 0 Å². The van der Waals surface area contributed by atoms with Crippen molar-refractivity contribution >= 4 is 36.9 Å². The highest BCUT2D eigenvalue weighted by molar-refractivity contribution is 9.10. The topological polar surface area (TPSA) is 59.1 Å². The lowest BCUT2D eigenvalue weighted by atomic mass is 10.1. The summed E-state index contributed by atoms with van der Waals surface area (Å²) >= 11 is 3.27. The Hall–Kier alpha value is -1.76. The van der Waals surface area contributed by atoms with Crippen LogP contribution in [0.3, 0.4) is 0 Å². The molecule has 0 unspecified atom stereocenters. The van der Waals surface area contributed by atoms with Crippen LogP contribution in [-0.2, 0) is 16.6 Å². The van der Waals surface area contributed by atoms with Gasteiger partial charge in [0, 0.05) is 22.6 Å². The molecule has 0 radical (unpaired) electrons. The van der Waals surface area contributed by atoms with Crippen molar-refractivity contribution in [2.24, 2.45) is 0 Å². The summed E-state index contributed by atoms with van der Waals surface area (Å²) in [4.78, 5) is 4.50. The molecule has 0 fully saturated rings. The number of fused-ring (bicyclic) bond motifs is 1. The van der Waals surface area contributed by atoms with Crippen LogP contribution in [0.15, 0.2) is 70.2 Å². The molecule has 0 amide bonds. The lowest BCUT2D eigenvalue weighted by molar-refractivity contribution is 0.581. The number of hydrogen-bond donors (Lipinski definition) is 1. The number of para-hydroxylation sites is 1. The van der Waals surface area contributed by atoms with Crippen molar-refractivity contribution in [1.29, 1.82) is 0 Å². The highest BCUT2D eigenvalue weighted by Crippen LogP contribution is 2.22. The number of nitrogens with one attached hydrogen (secondary N) is 1. The summed E-state index contributed by atoms with van der Waals surface area (Å²) in [5.41, 5.74) is 1.74. The molecule has 1 aromatic heterocycles. The molecular weight excluding hydrogens is 364 g/mol. The molecule has 0 atom stereocenters. The van der Waals surface area contributed by atoms with Gasteiger partial charge in [-0.05, 0) is 45.8 Å². The zero-order valence-corrected chi connectivity index (χ0v) is 13.9. The summed E-state index contributed by atoms with van der Waals surface area (Å²) in [6, 6.07) is 16.2. The van der Waals surface area contributed by atoms with E-state index in [4.69, 9.17) is 0 Å². The number of rotatable bonds is 4. The van der Waals surface area contributed by atoms with E-state index in [1.807, 2.05) is 30.3 Å². The molecule has 0 aliphatic carbocycles. The number of benzene rings is 2. The Balaban J connectivity index is 1.90. The maximum absolute atomic E-state index is 12.4. The van der Waals surface area contributed by atoms with Crippen molar-refractivity contribution in [3.8, 4) is 0 Å². The molecule has 4 nitrogen and oxygen atoms in total. The lowest BCUT2D eigenvalue weighted by Gasteiger charge is -2.10. The van der Waals surface area contributed by atoms with E-state index in [1.165, 1.54) is 0 Å². The number of sulfonamides is 1. The van der Waals surface area contributed by atoms with Crippen molar-refractivity contribution < 1.29 is 8.42 Å². The quantitative estimate of drug-likeness (QED) is 0.758. The average molecular weight is 377 g/mol. The van der Waals surface area contributed by atoms with Crippen molar-refractivity contribution in [1.82, 2.24) is 9.71 Å². The highest BCUT2D eigenvalue weighted by atomic mass is 79.9. The molecular formula is C16H13BrN2O2S. The minimum atomic E-state index is -3.58. The van der Waals surface area contributed by atoms with E-state index in [9.17, 15) is 8.42 Å². The summed E-state index contributed by atoms with van der Waals surface area (Å²) < 4.78 is 28.0. The third-order valence-electron chi connectivity index (χ3n) is 3.32. The monoisotopic (exact) mass is 376 g/mol. The van der Waals surface area contributed by atoms with E-state index in [-0.39, 0.29) is 11.4 Å². The van der Waals surface area contributed by atoms with Crippen LogP contribution in [0.5, 0.6) is 0 Å². The maximum atomic E-state index is 12.4. The first-order chi connectivity index (χ1) is 10.6. The van der Waals surface area contributed by atoms with Crippen LogP contribution in [0.4, 0.5) is 0 Å². The fourth-order valence-electron chi connectivity index (χ4n) is 2.22. The summed E-state index contributed by atoms with van der Waals surface area (Å²) in [6.07, 6.45) is 1.68. The fraction of sp³-hybridized carbons (Fsp3) is 0.0625. The Bertz CT molecular complexity index is 921. The molecule has 1 N–H and O–H groups in total. The van der Waals surface area contributed by atoms with E-state index in [0.717, 1.165) is 16.5 Å². The van der Waals surface area contributed by atoms with Crippen LogP contribution in [0.1, 0.15) is 5.56 Å². The van der Waals surface area contributed by atoms with Crippen LogP contribution in [-0.4, -0.2) is 13.4 Å². The molecule has 3 aromatic rings. The minimum absolute atomic E-state index is 0.215. The van der Waals surface area contributed by atoms with E-state index in [1.54, 1.807) is 30.5 Å². The largest absolute Gasteiger partial charge is 0.256 e. The zero-order valence-electron chi connectivity index (χ0n) is 11.5. The van der Waals surface area contributed by atoms with Gasteiger partial charge in [0.2, 0.25) is 10.0 Å². The van der Waals surface area contributed by atoms with Crippen molar-refractivity contribution in [3.05, 3.63) is 70.8 Å². The van der Waals surface area contributed by atoms with Gasteiger partial charge in [-0.25, -0.2) is 13.1 Å². The number of aromatic nitrogens is 1. The molecule has 22 heavy (non-hydrogen) atoms. The first kappa shape index (κ1) is 15.1. The molecule has 1 heterocycles. The van der Waals surface area contributed by atoms with Gasteiger partial charge >= 0.3 is 0 Å². The van der Waals surface area contributed by atoms with Gasteiger partial charge in [-0.15, -0.1) is 0 Å². The predicted octanol–water partition coefficient (Wildman–Crippen LogP) is 3.48. The Labute approximate surface area is 137 Å². The van der Waals surface area contributed by atoms with Crippen LogP contribution >= 0.6 is 15.9 Å². The number of nitrogens with zero attached hydrogens (tertiary/aromatic N) is 1. The van der Waals surface area contributed by atoms with Gasteiger partial charge in [-0.3, -0.25) is 4.98 Å². The molecule has 112 valence electrons. The van der Waals surface area contributed by atoms with E-state index in [0.29, 0.717) is 4.47 Å². The second-order valence-corrected chi connectivity index (χ2v) is 7.33. The van der Waals surface area contributed by atoms with Crippen LogP contribution < -0.4 is 4.72 Å². The number of hydrogen-bond acceptors (Lipinski definition) is 3. The average Bonchev–Trinajstić information content (AvgIpc) is 2.53. The third-order valence-corrected chi connectivity index (χ3v) is 5.73. The van der Waals surface area contributed by atoms with Gasteiger partial charge < -0.3 is 0 Å². The lowest BCUT2D eigenvalue weighted by Crippen LogP contribution is -2.23. The van der Waals surface area contributed by atoms with E-state index < -0.39 is 10.0 Å². The second-order valence-electron chi connectivity index (χ2n) is 4.74. The predicted molar refractivity (Wildman–Crippen MR) is 89.9 cm³/mol. The number of pyridine rings is 1. The summed E-state index contributed by atoms with van der Waals surface area (Å²) in [5.74, 6) is 0. The summed E-state index contributed by atoms with van der Waals surface area (Å²) in [5, 5.41) is 0.944. The normalized spacial score (nSPS) is 11.7. The summed E-state index contributed by atoms with van der Waals surface area (Å²) in [6.45, 7) is 0.215. The molecule has 0 saturated carbocycles. The van der Waals surface area contributed by atoms with Crippen LogP contribution in [0, 0.1) is 0 Å². The first-order valence-electron chi connectivity index (χ1n) is 6.65. The maximum Gasteiger partial charge on any atom is 0.241 e. The smallest absolute Gasteiger partial charge is 0.241 e. The molecule has 0 aliphatic rings. The van der Waals surface area contributed by atoms with Gasteiger partial charge in [-0.1, -0.05) is 30.3 Å². The van der Waals surface area contributed by atoms with Crippen molar-refractivity contribution in [2.45, 2.75) is 11.4 Å². The van der Waals surface area contributed by atoms with Gasteiger partial charge in [0.25, 0.3) is 0 Å². The second kappa shape index (κ2) is 6.16. The molecule has 0 bridgehead atoms. The SMILES string of the molecule is O=S(=O)(NCc1ccnc2ccccc12)c1ccccc1Br. The van der Waals surface area contributed by atoms with Gasteiger partial charge in [0.1, 0.15) is 0 Å². The molecule has 6 heteroatoms. The highest BCUT2D eigenvalue weighted by Gasteiger charge is 2.17. The van der Waals surface area contributed by atoms with Gasteiger partial charge in [0.05, 0.1) is 10.4 Å². The molecule has 0 aliphatic heterocycles. The van der Waals surface area contributed by atoms with Crippen LogP contribution in [0.2, 0.25) is 0 Å². The Kier molecular flexibility index (Phi) is 4.24. The molecule has 0 spiro atoms. The Morgan fingerprint density at radius 1 is 1.00 bits per heavy atom.